The fraction of sp³-hybridized carbons (Fsp3) is 0.818. The first-order valence-corrected chi connectivity index (χ1v) is 8.63. The van der Waals surface area contributed by atoms with Crippen LogP contribution in [0, 0.1) is 12.0 Å². The van der Waals surface area contributed by atoms with Gasteiger partial charge < -0.3 is 4.43 Å². The molecule has 0 aliphatic carbocycles. The molecule has 0 unspecified atom stereocenters. The van der Waals surface area contributed by atoms with Crippen molar-refractivity contribution in [2.24, 2.45) is 0 Å². The van der Waals surface area contributed by atoms with Crippen molar-refractivity contribution in [1.29, 1.82) is 0 Å². The maximum absolute atomic E-state index is 5.41. The van der Waals surface area contributed by atoms with Gasteiger partial charge >= 0.3 is 0 Å². The maximum atomic E-state index is 5.41. The molecule has 0 N–H and O–H groups in total. The molecule has 0 aliphatic heterocycles. The van der Waals surface area contributed by atoms with Crippen LogP contribution in [-0.4, -0.2) is 8.32 Å². The summed E-state index contributed by atoms with van der Waals surface area (Å²) < 4.78 is 5.41. The maximum Gasteiger partial charge on any atom is 0.255 e. The summed E-state index contributed by atoms with van der Waals surface area (Å²) in [5, 5.41) is 0. The van der Waals surface area contributed by atoms with E-state index < -0.39 is 8.32 Å². The molecule has 0 bridgehead atoms. The highest BCUT2D eigenvalue weighted by Gasteiger charge is 2.13. The molecule has 76 valence electrons. The van der Waals surface area contributed by atoms with Gasteiger partial charge in [0.25, 0.3) is 8.32 Å². The van der Waals surface area contributed by atoms with Gasteiger partial charge in [-0.15, -0.1) is 0 Å². The second kappa shape index (κ2) is 7.03. The Morgan fingerprint density at radius 3 is 2.31 bits per heavy atom. The van der Waals surface area contributed by atoms with Crippen LogP contribution in [0.15, 0.2) is 0 Å². The molecule has 0 amide bonds. The van der Waals surface area contributed by atoms with Crippen molar-refractivity contribution >= 4 is 8.32 Å². The van der Waals surface area contributed by atoms with E-state index in [0.717, 1.165) is 6.42 Å². The minimum Gasteiger partial charge on any atom is -0.501 e. The highest BCUT2D eigenvalue weighted by Crippen LogP contribution is 2.02. The van der Waals surface area contributed by atoms with E-state index in [2.05, 4.69) is 38.6 Å². The zero-order valence-corrected chi connectivity index (χ0v) is 10.4. The summed E-state index contributed by atoms with van der Waals surface area (Å²) >= 11 is 0. The third kappa shape index (κ3) is 11.6. The summed E-state index contributed by atoms with van der Waals surface area (Å²) in [7, 11) is -1.41. The Balaban J connectivity index is 3.31. The van der Waals surface area contributed by atoms with Gasteiger partial charge in [0.1, 0.15) is 0 Å². The standard InChI is InChI=1S/C11H22OSi/c1-5-6-7-8-9-10-11-12-13(2,3)4/h5-9H2,1-4H3. The van der Waals surface area contributed by atoms with E-state index in [1.807, 2.05) is 0 Å². The summed E-state index contributed by atoms with van der Waals surface area (Å²) in [6.07, 6.45) is 8.95. The second-order valence-corrected chi connectivity index (χ2v) is 8.73. The van der Waals surface area contributed by atoms with Crippen LogP contribution in [0.1, 0.15) is 39.0 Å². The van der Waals surface area contributed by atoms with Crippen LogP contribution in [0.2, 0.25) is 19.6 Å². The van der Waals surface area contributed by atoms with Gasteiger partial charge in [0.15, 0.2) is 0 Å². The minimum atomic E-state index is -1.41. The lowest BCUT2D eigenvalue weighted by Crippen LogP contribution is -2.22. The van der Waals surface area contributed by atoms with Crippen LogP contribution in [0.25, 0.3) is 0 Å². The summed E-state index contributed by atoms with van der Waals surface area (Å²) in [6.45, 7) is 8.68. The van der Waals surface area contributed by atoms with Crippen molar-refractivity contribution in [1.82, 2.24) is 0 Å². The normalized spacial score (nSPS) is 10.5. The molecule has 0 heterocycles. The molecule has 0 aromatic rings. The van der Waals surface area contributed by atoms with Crippen molar-refractivity contribution < 1.29 is 4.43 Å². The Kier molecular flexibility index (Phi) is 6.80. The number of hydrogen-bond acceptors (Lipinski definition) is 1. The van der Waals surface area contributed by atoms with E-state index in [9.17, 15) is 0 Å². The summed E-state index contributed by atoms with van der Waals surface area (Å²) in [5.41, 5.74) is 0. The lowest BCUT2D eigenvalue weighted by Gasteiger charge is -2.11. The second-order valence-electron chi connectivity index (χ2n) is 4.30. The zero-order chi connectivity index (χ0) is 10.2. The predicted octanol–water partition coefficient (Wildman–Crippen LogP) is 3.77. The number of hydrogen-bond donors (Lipinski definition) is 0. The molecule has 0 aromatic heterocycles. The average molecular weight is 198 g/mol. The molecule has 0 atom stereocenters. The third-order valence-corrected chi connectivity index (χ3v) is 2.30. The van der Waals surface area contributed by atoms with Gasteiger partial charge in [-0.3, -0.25) is 0 Å². The Bertz CT molecular complexity index is 171. The van der Waals surface area contributed by atoms with Crippen LogP contribution in [-0.2, 0) is 4.43 Å². The van der Waals surface area contributed by atoms with E-state index in [4.69, 9.17) is 4.43 Å². The van der Waals surface area contributed by atoms with Gasteiger partial charge in [-0.1, -0.05) is 32.1 Å². The minimum absolute atomic E-state index is 0.991. The van der Waals surface area contributed by atoms with Crippen molar-refractivity contribution in [3.63, 3.8) is 0 Å². The molecule has 13 heavy (non-hydrogen) atoms. The van der Waals surface area contributed by atoms with E-state index in [1.54, 1.807) is 0 Å². The van der Waals surface area contributed by atoms with Crippen molar-refractivity contribution in [3.8, 4) is 12.0 Å². The molecule has 0 aliphatic rings. The summed E-state index contributed by atoms with van der Waals surface area (Å²) in [5.74, 6) is 3.06. The van der Waals surface area contributed by atoms with Crippen molar-refractivity contribution in [3.05, 3.63) is 0 Å². The van der Waals surface area contributed by atoms with E-state index in [1.165, 1.54) is 25.7 Å². The Morgan fingerprint density at radius 2 is 1.77 bits per heavy atom. The molecule has 0 fully saturated rings. The van der Waals surface area contributed by atoms with Gasteiger partial charge in [-0.25, -0.2) is 0 Å². The molecule has 2 heteroatoms. The molecular formula is C11H22OSi. The summed E-state index contributed by atoms with van der Waals surface area (Å²) in [4.78, 5) is 0. The fourth-order valence-electron chi connectivity index (χ4n) is 0.880. The molecular weight excluding hydrogens is 176 g/mol. The van der Waals surface area contributed by atoms with Crippen LogP contribution in [0.5, 0.6) is 0 Å². The molecule has 0 saturated carbocycles. The van der Waals surface area contributed by atoms with E-state index >= 15 is 0 Å². The fourth-order valence-corrected chi connectivity index (χ4v) is 1.26. The molecule has 1 nitrogen and oxygen atoms in total. The quantitative estimate of drug-likeness (QED) is 0.371. The Hall–Kier alpha value is -0.423. The molecule has 0 radical (unpaired) electrons. The first-order valence-electron chi connectivity index (χ1n) is 5.22. The third-order valence-electron chi connectivity index (χ3n) is 1.58. The number of unbranched alkanes of at least 4 members (excludes halogenated alkanes) is 4. The van der Waals surface area contributed by atoms with Crippen LogP contribution in [0.4, 0.5) is 0 Å². The molecule has 0 aromatic carbocycles. The average Bonchev–Trinajstić information content (AvgIpc) is 2.01. The highest BCUT2D eigenvalue weighted by atomic mass is 28.4. The van der Waals surface area contributed by atoms with E-state index in [-0.39, 0.29) is 0 Å². The van der Waals surface area contributed by atoms with Gasteiger partial charge in [0.05, 0.1) is 6.11 Å². The van der Waals surface area contributed by atoms with Crippen LogP contribution in [0.3, 0.4) is 0 Å². The predicted molar refractivity (Wildman–Crippen MR) is 61.0 cm³/mol. The largest absolute Gasteiger partial charge is 0.501 e. The van der Waals surface area contributed by atoms with E-state index in [0.29, 0.717) is 0 Å². The molecule has 0 rings (SSSR count). The smallest absolute Gasteiger partial charge is 0.255 e. The van der Waals surface area contributed by atoms with Gasteiger partial charge in [-0.2, -0.15) is 0 Å². The van der Waals surface area contributed by atoms with Gasteiger partial charge in [-0.05, 0) is 26.1 Å². The lowest BCUT2D eigenvalue weighted by molar-refractivity contribution is 0.518. The summed E-state index contributed by atoms with van der Waals surface area (Å²) in [6, 6.07) is 0. The molecule has 0 saturated heterocycles. The lowest BCUT2D eigenvalue weighted by atomic mass is 10.2. The topological polar surface area (TPSA) is 9.23 Å². The Labute approximate surface area is 84.0 Å². The number of rotatable bonds is 5. The molecule has 0 spiro atoms. The first-order chi connectivity index (χ1) is 6.06. The monoisotopic (exact) mass is 198 g/mol. The highest BCUT2D eigenvalue weighted by molar-refractivity contribution is 6.70. The SMILES string of the molecule is CCCCCCC#CO[Si](C)(C)C. The Morgan fingerprint density at radius 1 is 1.08 bits per heavy atom. The van der Waals surface area contributed by atoms with Gasteiger partial charge in [0, 0.05) is 6.42 Å². The van der Waals surface area contributed by atoms with Crippen LogP contribution >= 0.6 is 0 Å². The van der Waals surface area contributed by atoms with Crippen molar-refractivity contribution in [2.75, 3.05) is 0 Å². The van der Waals surface area contributed by atoms with Crippen molar-refractivity contribution in [2.45, 2.75) is 58.7 Å². The van der Waals surface area contributed by atoms with Gasteiger partial charge in [0.2, 0.25) is 0 Å². The first kappa shape index (κ1) is 12.6. The zero-order valence-electron chi connectivity index (χ0n) is 9.44. The van der Waals surface area contributed by atoms with Crippen LogP contribution < -0.4 is 0 Å².